The van der Waals surface area contributed by atoms with Gasteiger partial charge in [-0.1, -0.05) is 0 Å². The molecule has 2 aliphatic heterocycles. The Balaban J connectivity index is 1.47. The Hall–Kier alpha value is -3.63. The van der Waals surface area contributed by atoms with Crippen LogP contribution in [0.2, 0.25) is 0 Å². The monoisotopic (exact) mass is 469 g/mol. The SMILES string of the molecule is CCOC(=O)COc1cc(/C=N/Nc2nc(N3CCCC3)nc(N3CCCC3)n2)ccc1OC. The van der Waals surface area contributed by atoms with E-state index in [-0.39, 0.29) is 6.61 Å². The highest BCUT2D eigenvalue weighted by Gasteiger charge is 2.21. The summed E-state index contributed by atoms with van der Waals surface area (Å²) in [6, 6.07) is 5.32. The third-order valence-corrected chi connectivity index (χ3v) is 5.61. The van der Waals surface area contributed by atoms with E-state index >= 15 is 0 Å². The first-order valence-corrected chi connectivity index (χ1v) is 11.7. The number of ether oxygens (including phenoxy) is 3. The van der Waals surface area contributed by atoms with Gasteiger partial charge in [0.25, 0.3) is 0 Å². The van der Waals surface area contributed by atoms with Gasteiger partial charge in [0, 0.05) is 26.2 Å². The number of rotatable bonds is 10. The van der Waals surface area contributed by atoms with Gasteiger partial charge in [-0.15, -0.1) is 0 Å². The molecule has 0 radical (unpaired) electrons. The molecule has 2 fully saturated rings. The van der Waals surface area contributed by atoms with E-state index in [2.05, 4.69) is 30.3 Å². The fourth-order valence-electron chi connectivity index (χ4n) is 3.91. The lowest BCUT2D eigenvalue weighted by atomic mass is 10.2. The lowest BCUT2D eigenvalue weighted by Crippen LogP contribution is -2.25. The number of anilines is 3. The van der Waals surface area contributed by atoms with Crippen molar-refractivity contribution in [2.75, 3.05) is 61.7 Å². The third kappa shape index (κ3) is 6.03. The molecule has 4 rings (SSSR count). The molecule has 0 spiro atoms. The third-order valence-electron chi connectivity index (χ3n) is 5.61. The molecular formula is C23H31N7O4. The van der Waals surface area contributed by atoms with Gasteiger partial charge in [-0.2, -0.15) is 20.1 Å². The Morgan fingerprint density at radius 2 is 1.68 bits per heavy atom. The van der Waals surface area contributed by atoms with Crippen molar-refractivity contribution in [2.45, 2.75) is 32.6 Å². The second kappa shape index (κ2) is 11.5. The van der Waals surface area contributed by atoms with Gasteiger partial charge in [0.1, 0.15) is 0 Å². The Morgan fingerprint density at radius 1 is 1.03 bits per heavy atom. The summed E-state index contributed by atoms with van der Waals surface area (Å²) in [5, 5.41) is 4.32. The van der Waals surface area contributed by atoms with Crippen LogP contribution in [-0.4, -0.2) is 73.6 Å². The van der Waals surface area contributed by atoms with Crippen molar-refractivity contribution in [3.05, 3.63) is 23.8 Å². The van der Waals surface area contributed by atoms with Crippen LogP contribution in [0.25, 0.3) is 0 Å². The molecule has 2 saturated heterocycles. The van der Waals surface area contributed by atoms with Gasteiger partial charge < -0.3 is 24.0 Å². The minimum absolute atomic E-state index is 0.202. The Kier molecular flexibility index (Phi) is 7.95. The maximum atomic E-state index is 11.6. The molecule has 0 saturated carbocycles. The molecule has 11 heteroatoms. The number of hydrazone groups is 1. The molecule has 0 amide bonds. The van der Waals surface area contributed by atoms with Crippen molar-refractivity contribution in [3.63, 3.8) is 0 Å². The molecule has 34 heavy (non-hydrogen) atoms. The first-order chi connectivity index (χ1) is 16.7. The molecule has 182 valence electrons. The number of methoxy groups -OCH3 is 1. The topological polar surface area (TPSA) is 114 Å². The summed E-state index contributed by atoms with van der Waals surface area (Å²) in [5.74, 6) is 2.27. The number of carbonyl (C=O) groups is 1. The molecule has 3 heterocycles. The van der Waals surface area contributed by atoms with Crippen LogP contribution in [-0.2, 0) is 9.53 Å². The molecule has 2 aliphatic rings. The summed E-state index contributed by atoms with van der Waals surface area (Å²) in [7, 11) is 1.54. The van der Waals surface area contributed by atoms with E-state index < -0.39 is 5.97 Å². The lowest BCUT2D eigenvalue weighted by Gasteiger charge is -2.20. The highest BCUT2D eigenvalue weighted by molar-refractivity contribution is 5.81. The summed E-state index contributed by atoms with van der Waals surface area (Å²) in [4.78, 5) is 29.9. The molecule has 0 aliphatic carbocycles. The molecule has 11 nitrogen and oxygen atoms in total. The van der Waals surface area contributed by atoms with Gasteiger partial charge in [0.2, 0.25) is 17.8 Å². The largest absolute Gasteiger partial charge is 0.493 e. The molecule has 1 aromatic heterocycles. The number of hydrogen-bond acceptors (Lipinski definition) is 11. The van der Waals surface area contributed by atoms with Crippen molar-refractivity contribution < 1.29 is 19.0 Å². The summed E-state index contributed by atoms with van der Waals surface area (Å²) in [6.07, 6.45) is 6.20. The minimum atomic E-state index is -0.442. The van der Waals surface area contributed by atoms with Gasteiger partial charge in [0.05, 0.1) is 19.9 Å². The smallest absolute Gasteiger partial charge is 0.344 e. The quantitative estimate of drug-likeness (QED) is 0.316. The second-order valence-electron chi connectivity index (χ2n) is 8.02. The van der Waals surface area contributed by atoms with Crippen LogP contribution in [0.15, 0.2) is 23.3 Å². The molecule has 2 aromatic rings. The summed E-state index contributed by atoms with van der Waals surface area (Å²) >= 11 is 0. The van der Waals surface area contributed by atoms with Crippen molar-refractivity contribution in [1.82, 2.24) is 15.0 Å². The highest BCUT2D eigenvalue weighted by Crippen LogP contribution is 2.28. The normalized spacial score (nSPS) is 15.7. The maximum absolute atomic E-state index is 11.6. The predicted molar refractivity (Wildman–Crippen MR) is 129 cm³/mol. The van der Waals surface area contributed by atoms with Crippen molar-refractivity contribution >= 4 is 30.0 Å². The van der Waals surface area contributed by atoms with Gasteiger partial charge in [-0.25, -0.2) is 10.2 Å². The standard InChI is InChI=1S/C23H31N7O4/c1-3-33-20(31)16-34-19-14-17(8-9-18(19)32-2)15-24-28-21-25-22(29-10-4-5-11-29)27-23(26-21)30-12-6-7-13-30/h8-9,14-15H,3-7,10-13,16H2,1-2H3,(H,25,26,27,28)/b24-15+. The first-order valence-electron chi connectivity index (χ1n) is 11.7. The fraction of sp³-hybridized carbons (Fsp3) is 0.522. The van der Waals surface area contributed by atoms with E-state index in [1.54, 1.807) is 32.4 Å². The molecular weight excluding hydrogens is 438 g/mol. The van der Waals surface area contributed by atoms with Crippen LogP contribution >= 0.6 is 0 Å². The van der Waals surface area contributed by atoms with E-state index in [1.165, 1.54) is 0 Å². The van der Waals surface area contributed by atoms with Crippen LogP contribution in [0.3, 0.4) is 0 Å². The fourth-order valence-corrected chi connectivity index (χ4v) is 3.91. The Labute approximate surface area is 199 Å². The van der Waals surface area contributed by atoms with Crippen molar-refractivity contribution in [3.8, 4) is 11.5 Å². The summed E-state index contributed by atoms with van der Waals surface area (Å²) < 4.78 is 15.8. The molecule has 1 aromatic carbocycles. The van der Waals surface area contributed by atoms with Crippen LogP contribution in [0, 0.1) is 0 Å². The van der Waals surface area contributed by atoms with Gasteiger partial charge in [-0.3, -0.25) is 0 Å². The van der Waals surface area contributed by atoms with E-state index in [0.29, 0.717) is 36.0 Å². The van der Waals surface area contributed by atoms with Crippen LogP contribution < -0.4 is 24.7 Å². The molecule has 0 unspecified atom stereocenters. The summed E-state index contributed by atoms with van der Waals surface area (Å²) in [6.45, 7) is 5.65. The molecule has 0 bridgehead atoms. The Morgan fingerprint density at radius 3 is 2.26 bits per heavy atom. The number of carbonyl (C=O) groups excluding carboxylic acids is 1. The minimum Gasteiger partial charge on any atom is -0.493 e. The Bertz CT molecular complexity index is 971. The number of nitrogens with zero attached hydrogens (tertiary/aromatic N) is 6. The lowest BCUT2D eigenvalue weighted by molar-refractivity contribution is -0.145. The maximum Gasteiger partial charge on any atom is 0.344 e. The zero-order valence-corrected chi connectivity index (χ0v) is 19.7. The molecule has 0 atom stereocenters. The average molecular weight is 470 g/mol. The van der Waals surface area contributed by atoms with E-state index in [1.807, 2.05) is 6.07 Å². The van der Waals surface area contributed by atoms with Crippen LogP contribution in [0.1, 0.15) is 38.2 Å². The van der Waals surface area contributed by atoms with E-state index in [9.17, 15) is 4.79 Å². The van der Waals surface area contributed by atoms with Crippen molar-refractivity contribution in [2.24, 2.45) is 5.10 Å². The average Bonchev–Trinajstić information content (AvgIpc) is 3.58. The van der Waals surface area contributed by atoms with Crippen molar-refractivity contribution in [1.29, 1.82) is 0 Å². The number of benzene rings is 1. The zero-order chi connectivity index (χ0) is 23.8. The van der Waals surface area contributed by atoms with E-state index in [4.69, 9.17) is 19.2 Å². The van der Waals surface area contributed by atoms with Gasteiger partial charge in [-0.05, 0) is 56.4 Å². The van der Waals surface area contributed by atoms with E-state index in [0.717, 1.165) is 57.4 Å². The number of nitrogens with one attached hydrogen (secondary N) is 1. The first kappa shape index (κ1) is 23.5. The number of hydrogen-bond donors (Lipinski definition) is 1. The van der Waals surface area contributed by atoms with Crippen LogP contribution in [0.4, 0.5) is 17.8 Å². The highest BCUT2D eigenvalue weighted by atomic mass is 16.6. The zero-order valence-electron chi connectivity index (χ0n) is 19.7. The number of esters is 1. The van der Waals surface area contributed by atoms with Gasteiger partial charge >= 0.3 is 5.97 Å². The van der Waals surface area contributed by atoms with Gasteiger partial charge in [0.15, 0.2) is 18.1 Å². The number of aromatic nitrogens is 3. The summed E-state index contributed by atoms with van der Waals surface area (Å²) in [5.41, 5.74) is 3.69. The second-order valence-corrected chi connectivity index (χ2v) is 8.02. The predicted octanol–water partition coefficient (Wildman–Crippen LogP) is 2.47. The van der Waals surface area contributed by atoms with Crippen LogP contribution in [0.5, 0.6) is 11.5 Å². The molecule has 1 N–H and O–H groups in total.